The first-order valence-electron chi connectivity index (χ1n) is 5.71. The number of benzene rings is 1. The Labute approximate surface area is 98.8 Å². The van der Waals surface area contributed by atoms with Crippen LogP contribution in [-0.2, 0) is 11.8 Å². The summed E-state index contributed by atoms with van der Waals surface area (Å²) in [6, 6.07) is 6.61. The maximum Gasteiger partial charge on any atom is 0.0642 e. The molecule has 0 saturated carbocycles. The summed E-state index contributed by atoms with van der Waals surface area (Å²) in [6.45, 7) is 12.7. The van der Waals surface area contributed by atoms with Crippen molar-refractivity contribution in [1.82, 2.24) is 0 Å². The molecule has 0 amide bonds. The molecule has 0 heterocycles. The number of hydrogen-bond donors (Lipinski definition) is 1. The van der Waals surface area contributed by atoms with E-state index >= 15 is 0 Å². The van der Waals surface area contributed by atoms with Gasteiger partial charge in [-0.3, -0.25) is 0 Å². The second kappa shape index (κ2) is 4.84. The van der Waals surface area contributed by atoms with Crippen LogP contribution in [0, 0.1) is 6.92 Å². The SMILES string of the molecule is C=C(CO)Cc1cc(C)cc(C(C)(C)C)c1. The lowest BCUT2D eigenvalue weighted by Gasteiger charge is -2.21. The molecular formula is C15H22O. The van der Waals surface area contributed by atoms with Crippen LogP contribution in [0.1, 0.15) is 37.5 Å². The lowest BCUT2D eigenvalue weighted by molar-refractivity contribution is 0.329. The van der Waals surface area contributed by atoms with Gasteiger partial charge in [0.25, 0.3) is 0 Å². The van der Waals surface area contributed by atoms with Crippen LogP contribution in [-0.4, -0.2) is 11.7 Å². The van der Waals surface area contributed by atoms with Crippen molar-refractivity contribution in [3.63, 3.8) is 0 Å². The van der Waals surface area contributed by atoms with Crippen LogP contribution in [0.5, 0.6) is 0 Å². The van der Waals surface area contributed by atoms with E-state index in [4.69, 9.17) is 5.11 Å². The lowest BCUT2D eigenvalue weighted by atomic mass is 9.84. The van der Waals surface area contributed by atoms with E-state index < -0.39 is 0 Å². The highest BCUT2D eigenvalue weighted by Crippen LogP contribution is 2.25. The fraction of sp³-hybridized carbons (Fsp3) is 0.467. The van der Waals surface area contributed by atoms with Gasteiger partial charge in [-0.05, 0) is 35.5 Å². The summed E-state index contributed by atoms with van der Waals surface area (Å²) in [5.74, 6) is 0. The molecule has 0 saturated heterocycles. The van der Waals surface area contributed by atoms with Crippen LogP contribution >= 0.6 is 0 Å². The minimum Gasteiger partial charge on any atom is -0.392 e. The monoisotopic (exact) mass is 218 g/mol. The Bertz CT molecular complexity index is 383. The Balaban J connectivity index is 3.04. The van der Waals surface area contributed by atoms with E-state index in [0.717, 1.165) is 12.0 Å². The van der Waals surface area contributed by atoms with Crippen molar-refractivity contribution in [2.45, 2.75) is 39.5 Å². The molecule has 1 rings (SSSR count). The summed E-state index contributed by atoms with van der Waals surface area (Å²) in [7, 11) is 0. The van der Waals surface area contributed by atoms with Crippen LogP contribution in [0.3, 0.4) is 0 Å². The zero-order chi connectivity index (χ0) is 12.3. The van der Waals surface area contributed by atoms with Crippen molar-refractivity contribution in [1.29, 1.82) is 0 Å². The number of rotatable bonds is 3. The van der Waals surface area contributed by atoms with Crippen molar-refractivity contribution in [2.75, 3.05) is 6.61 Å². The molecule has 1 aromatic rings. The highest BCUT2D eigenvalue weighted by atomic mass is 16.3. The van der Waals surface area contributed by atoms with E-state index in [0.29, 0.717) is 0 Å². The molecule has 0 spiro atoms. The summed E-state index contributed by atoms with van der Waals surface area (Å²) in [5.41, 5.74) is 4.89. The number of hydrogen-bond acceptors (Lipinski definition) is 1. The first kappa shape index (κ1) is 13.0. The zero-order valence-electron chi connectivity index (χ0n) is 10.8. The molecule has 0 radical (unpaired) electrons. The van der Waals surface area contributed by atoms with Crippen molar-refractivity contribution in [3.8, 4) is 0 Å². The summed E-state index contributed by atoms with van der Waals surface area (Å²) in [5, 5.41) is 9.00. The largest absolute Gasteiger partial charge is 0.392 e. The number of aliphatic hydroxyl groups excluding tert-OH is 1. The summed E-state index contributed by atoms with van der Waals surface area (Å²) < 4.78 is 0. The summed E-state index contributed by atoms with van der Waals surface area (Å²) in [4.78, 5) is 0. The highest BCUT2D eigenvalue weighted by Gasteiger charge is 2.14. The van der Waals surface area contributed by atoms with E-state index in [1.165, 1.54) is 16.7 Å². The van der Waals surface area contributed by atoms with E-state index in [1.54, 1.807) is 0 Å². The second-order valence-corrected chi connectivity index (χ2v) is 5.54. The van der Waals surface area contributed by atoms with Gasteiger partial charge in [0.05, 0.1) is 6.61 Å². The fourth-order valence-corrected chi connectivity index (χ4v) is 1.74. The maximum absolute atomic E-state index is 9.00. The van der Waals surface area contributed by atoms with Gasteiger partial charge in [0.15, 0.2) is 0 Å². The Morgan fingerprint density at radius 3 is 2.38 bits per heavy atom. The fourth-order valence-electron chi connectivity index (χ4n) is 1.74. The molecular weight excluding hydrogens is 196 g/mol. The molecule has 88 valence electrons. The van der Waals surface area contributed by atoms with Crippen molar-refractivity contribution in [2.24, 2.45) is 0 Å². The predicted molar refractivity (Wildman–Crippen MR) is 69.8 cm³/mol. The Morgan fingerprint density at radius 2 is 1.88 bits per heavy atom. The minimum atomic E-state index is 0.0682. The van der Waals surface area contributed by atoms with E-state index in [1.807, 2.05) is 0 Å². The molecule has 0 atom stereocenters. The molecule has 0 bridgehead atoms. The van der Waals surface area contributed by atoms with Crippen molar-refractivity contribution >= 4 is 0 Å². The van der Waals surface area contributed by atoms with E-state index in [2.05, 4.69) is 52.5 Å². The topological polar surface area (TPSA) is 20.2 Å². The molecule has 1 aromatic carbocycles. The third-order valence-electron chi connectivity index (χ3n) is 2.68. The third-order valence-corrected chi connectivity index (χ3v) is 2.68. The van der Waals surface area contributed by atoms with E-state index in [-0.39, 0.29) is 12.0 Å². The Morgan fingerprint density at radius 1 is 1.25 bits per heavy atom. The molecule has 0 aliphatic heterocycles. The summed E-state index contributed by atoms with van der Waals surface area (Å²) >= 11 is 0. The maximum atomic E-state index is 9.00. The first-order valence-corrected chi connectivity index (χ1v) is 5.71. The molecule has 0 aromatic heterocycles. The quantitative estimate of drug-likeness (QED) is 0.771. The smallest absolute Gasteiger partial charge is 0.0642 e. The molecule has 0 aliphatic carbocycles. The van der Waals surface area contributed by atoms with Crippen LogP contribution in [0.4, 0.5) is 0 Å². The van der Waals surface area contributed by atoms with Gasteiger partial charge in [0.2, 0.25) is 0 Å². The van der Waals surface area contributed by atoms with Gasteiger partial charge < -0.3 is 5.11 Å². The van der Waals surface area contributed by atoms with Crippen LogP contribution < -0.4 is 0 Å². The summed E-state index contributed by atoms with van der Waals surface area (Å²) in [6.07, 6.45) is 0.765. The van der Waals surface area contributed by atoms with Gasteiger partial charge in [-0.15, -0.1) is 0 Å². The average Bonchev–Trinajstić information content (AvgIpc) is 2.15. The standard InChI is InChI=1S/C15H22O/c1-11-6-13(7-12(2)10-16)9-14(8-11)15(3,4)5/h6,8-9,16H,2,7,10H2,1,3-5H3. The molecule has 0 unspecified atom stereocenters. The Hall–Kier alpha value is -1.08. The zero-order valence-corrected chi connectivity index (χ0v) is 10.8. The number of aryl methyl sites for hydroxylation is 1. The number of aliphatic hydroxyl groups is 1. The first-order chi connectivity index (χ1) is 7.32. The van der Waals surface area contributed by atoms with Gasteiger partial charge in [-0.2, -0.15) is 0 Å². The van der Waals surface area contributed by atoms with Gasteiger partial charge >= 0.3 is 0 Å². The van der Waals surface area contributed by atoms with Crippen LogP contribution in [0.25, 0.3) is 0 Å². The van der Waals surface area contributed by atoms with Gasteiger partial charge in [0, 0.05) is 0 Å². The Kier molecular flexibility index (Phi) is 3.93. The molecule has 16 heavy (non-hydrogen) atoms. The highest BCUT2D eigenvalue weighted by molar-refractivity contribution is 5.35. The van der Waals surface area contributed by atoms with E-state index in [9.17, 15) is 0 Å². The molecule has 1 heteroatoms. The van der Waals surface area contributed by atoms with Crippen LogP contribution in [0.2, 0.25) is 0 Å². The average molecular weight is 218 g/mol. The normalized spacial score (nSPS) is 11.6. The molecule has 1 nitrogen and oxygen atoms in total. The molecule has 0 aliphatic rings. The van der Waals surface area contributed by atoms with Gasteiger partial charge in [-0.1, -0.05) is 51.1 Å². The molecule has 1 N–H and O–H groups in total. The second-order valence-electron chi connectivity index (χ2n) is 5.54. The third kappa shape index (κ3) is 3.49. The molecule has 0 fully saturated rings. The minimum absolute atomic E-state index is 0.0682. The predicted octanol–water partition coefficient (Wildman–Crippen LogP) is 3.38. The van der Waals surface area contributed by atoms with Crippen LogP contribution in [0.15, 0.2) is 30.4 Å². The van der Waals surface area contributed by atoms with Crippen molar-refractivity contribution in [3.05, 3.63) is 47.0 Å². The van der Waals surface area contributed by atoms with Gasteiger partial charge in [-0.25, -0.2) is 0 Å². The van der Waals surface area contributed by atoms with Crippen molar-refractivity contribution < 1.29 is 5.11 Å². The lowest BCUT2D eigenvalue weighted by Crippen LogP contribution is -2.12. The van der Waals surface area contributed by atoms with Gasteiger partial charge in [0.1, 0.15) is 0 Å².